The molecule has 6 aliphatic carbocycles. The minimum absolute atomic E-state index is 0.203. The molecule has 4 saturated heterocycles. The van der Waals surface area contributed by atoms with Gasteiger partial charge in [0, 0.05) is 7.05 Å². The van der Waals surface area contributed by atoms with Gasteiger partial charge in [-0.15, -0.1) is 0 Å². The van der Waals surface area contributed by atoms with Gasteiger partial charge in [0.05, 0.1) is 71.5 Å². The molecule has 0 spiro atoms. The summed E-state index contributed by atoms with van der Waals surface area (Å²) >= 11 is 0. The molecule has 10 fully saturated rings. The minimum atomic E-state index is -0.592. The van der Waals surface area contributed by atoms with Gasteiger partial charge in [-0.25, -0.2) is 0 Å². The molecule has 12 unspecified atom stereocenters. The molecule has 6 saturated carbocycles. The van der Waals surface area contributed by atoms with Crippen LogP contribution in [0.5, 0.6) is 17.2 Å². The Bertz CT molecular complexity index is 4170. The van der Waals surface area contributed by atoms with E-state index in [1.807, 2.05) is 48.5 Å². The van der Waals surface area contributed by atoms with Gasteiger partial charge in [-0.3, -0.25) is 58.0 Å². The average Bonchev–Trinajstić information content (AvgIpc) is 1.56. The van der Waals surface area contributed by atoms with Gasteiger partial charge in [0.15, 0.2) is 0 Å². The molecule has 4 aliphatic heterocycles. The van der Waals surface area contributed by atoms with Crippen molar-refractivity contribution in [3.8, 4) is 50.6 Å². The maximum Gasteiger partial charge on any atom is 0.237 e. The Morgan fingerprint density at radius 2 is 0.538 bits per heavy atom. The largest absolute Gasteiger partial charge is 0.497 e. The molecule has 14 heteroatoms. The number of aryl methyl sites for hydroxylation is 2. The molecular weight excluding hydrogens is 1140 g/mol. The second-order valence-corrected chi connectivity index (χ2v) is 26.0. The maximum absolute atomic E-state index is 14.1. The van der Waals surface area contributed by atoms with E-state index in [1.165, 1.54) is 60.0 Å². The summed E-state index contributed by atoms with van der Waals surface area (Å²) in [6.45, 7) is 4.16. The van der Waals surface area contributed by atoms with Crippen LogP contribution in [0.1, 0.15) is 47.9 Å². The first-order chi connectivity index (χ1) is 44.1. The smallest absolute Gasteiger partial charge is 0.237 e. The molecular formula is C77H66N4O10. The zero-order valence-electron chi connectivity index (χ0n) is 50.8. The summed E-state index contributed by atoms with van der Waals surface area (Å²) in [6.07, 6.45) is 3.53. The molecule has 8 amide bonds. The molecule has 0 aromatic heterocycles. The highest BCUT2D eigenvalue weighted by molar-refractivity contribution is 6.26. The molecule has 12 atom stereocenters. The van der Waals surface area contributed by atoms with Gasteiger partial charge >= 0.3 is 0 Å². The van der Waals surface area contributed by atoms with Crippen LogP contribution in [0.3, 0.4) is 0 Å². The van der Waals surface area contributed by atoms with Crippen molar-refractivity contribution in [3.63, 3.8) is 0 Å². The number of hydrogen-bond donors (Lipinski definition) is 0. The number of methoxy groups -OCH3 is 1. The van der Waals surface area contributed by atoms with E-state index in [2.05, 4.69) is 111 Å². The number of carbonyl (C=O) groups is 8. The van der Waals surface area contributed by atoms with Crippen molar-refractivity contribution in [1.29, 1.82) is 0 Å². The van der Waals surface area contributed by atoms with Crippen molar-refractivity contribution in [3.05, 3.63) is 216 Å². The number of anilines is 3. The van der Waals surface area contributed by atoms with Crippen LogP contribution in [0.25, 0.3) is 33.4 Å². The Morgan fingerprint density at radius 1 is 0.308 bits per heavy atom. The van der Waals surface area contributed by atoms with Crippen LogP contribution >= 0.6 is 0 Å². The number of rotatable bonds is 11. The average molecular weight is 1210 g/mol. The number of hydrogen-bond acceptors (Lipinski definition) is 10. The third-order valence-corrected chi connectivity index (χ3v) is 21.2. The number of fused-ring (bicyclic) bond motifs is 2. The number of likely N-dealkylation sites (tertiary alicyclic amines) is 1. The van der Waals surface area contributed by atoms with Gasteiger partial charge in [-0.2, -0.15) is 0 Å². The highest BCUT2D eigenvalue weighted by atomic mass is 16.5. The lowest BCUT2D eigenvalue weighted by atomic mass is 9.51. The summed E-state index contributed by atoms with van der Waals surface area (Å²) < 4.78 is 11.3. The summed E-state index contributed by atoms with van der Waals surface area (Å²) in [4.78, 5) is 114. The van der Waals surface area contributed by atoms with Crippen LogP contribution in [0.4, 0.5) is 17.1 Å². The van der Waals surface area contributed by atoms with E-state index in [0.29, 0.717) is 60.0 Å². The molecule has 10 aliphatic rings. The standard InChI is InChI=1S/C45H38N2O5.C32H28N2O5/c1-26-3-9-29(10-4-26)30-11-5-27(6-12-30)25-28-7-13-31(14-8-28)32-15-17-33(18-16-32)46-42(48)38-36-23-24-37(39(38)43(46)49)41-40(36)44(50)47(45(41)51)34-19-21-35(52-2)22-20-34;1-17-3-5-18(6-4-17)19-7-11-21(12-8-19)39-22-13-9-20(10-14-22)34-31(37)27-23-15-16-24(28(27)32(34)38)26-25(23)29(35)33(2)30(26)36/h3-22,36-41H,23-25H2,1-2H3;3-14,23-28H,15-16H2,1-2H3. The summed E-state index contributed by atoms with van der Waals surface area (Å²) in [5, 5.41) is 0. The number of benzene rings is 8. The SMILES string of the molecule is COc1ccc(N2C(=O)C3C4CCC(C3C2=O)C2C(=O)N(c3ccc(-c5ccc(Cc6ccc(-c7ccc(C)cc7)cc6)cc5)cc3)C(=O)C42)cc1.Cc1ccc(-c2ccc(Oc3ccc(N4C(=O)C5C6CCC(C7C(=O)N(C)C(=O)C67)C5C4=O)cc3)cc2)cc1. The maximum atomic E-state index is 14.1. The van der Waals surface area contributed by atoms with E-state index in [9.17, 15) is 38.4 Å². The van der Waals surface area contributed by atoms with E-state index in [0.717, 1.165) is 28.7 Å². The first-order valence-electron chi connectivity index (χ1n) is 31.5. The Hall–Kier alpha value is -10.1. The van der Waals surface area contributed by atoms with Crippen LogP contribution < -0.4 is 24.2 Å². The number of nitrogens with zero attached hydrogens (tertiary/aromatic N) is 4. The predicted octanol–water partition coefficient (Wildman–Crippen LogP) is 12.7. The Labute approximate surface area is 527 Å². The lowest BCUT2D eigenvalue weighted by molar-refractivity contribution is -0.148. The van der Waals surface area contributed by atoms with Crippen LogP contribution in [0.15, 0.2) is 194 Å². The normalized spacial score (nSPS) is 26.6. The summed E-state index contributed by atoms with van der Waals surface area (Å²) in [5.41, 5.74) is 13.1. The molecule has 0 N–H and O–H groups in total. The van der Waals surface area contributed by atoms with Gasteiger partial charge in [-0.1, -0.05) is 132 Å². The molecule has 4 bridgehead atoms. The fourth-order valence-corrected chi connectivity index (χ4v) is 16.9. The molecule has 454 valence electrons. The molecule has 4 heterocycles. The van der Waals surface area contributed by atoms with E-state index in [-0.39, 0.29) is 70.9 Å². The molecule has 14 nitrogen and oxygen atoms in total. The van der Waals surface area contributed by atoms with Crippen molar-refractivity contribution in [2.75, 3.05) is 28.9 Å². The second-order valence-electron chi connectivity index (χ2n) is 26.0. The third-order valence-electron chi connectivity index (χ3n) is 21.2. The summed E-state index contributed by atoms with van der Waals surface area (Å²) in [7, 11) is 3.07. The van der Waals surface area contributed by atoms with E-state index < -0.39 is 47.3 Å². The Balaban J connectivity index is 0.000000158. The lowest BCUT2D eigenvalue weighted by Gasteiger charge is -2.48. The molecule has 91 heavy (non-hydrogen) atoms. The van der Waals surface area contributed by atoms with E-state index >= 15 is 0 Å². The zero-order chi connectivity index (χ0) is 62.7. The van der Waals surface area contributed by atoms with Gasteiger partial charge in [-0.05, 0) is 187 Å². The second kappa shape index (κ2) is 22.4. The number of ether oxygens (including phenoxy) is 2. The minimum Gasteiger partial charge on any atom is -0.497 e. The van der Waals surface area contributed by atoms with Crippen molar-refractivity contribution in [1.82, 2.24) is 4.90 Å². The number of amides is 8. The summed E-state index contributed by atoms with van der Waals surface area (Å²) in [6, 6.07) is 63.3. The molecule has 8 aromatic carbocycles. The lowest BCUT2D eigenvalue weighted by Crippen LogP contribution is -2.53. The molecule has 8 aromatic rings. The highest BCUT2D eigenvalue weighted by Crippen LogP contribution is 2.63. The predicted molar refractivity (Wildman–Crippen MR) is 343 cm³/mol. The van der Waals surface area contributed by atoms with Gasteiger partial charge < -0.3 is 9.47 Å². The number of carbonyl (C=O) groups excluding carboxylic acids is 8. The van der Waals surface area contributed by atoms with Crippen molar-refractivity contribution < 1.29 is 47.8 Å². The Kier molecular flexibility index (Phi) is 14.1. The Morgan fingerprint density at radius 3 is 0.835 bits per heavy atom. The fourth-order valence-electron chi connectivity index (χ4n) is 16.9. The van der Waals surface area contributed by atoms with Crippen LogP contribution in [0.2, 0.25) is 0 Å². The first-order valence-corrected chi connectivity index (χ1v) is 31.5. The van der Waals surface area contributed by atoms with Crippen molar-refractivity contribution in [2.45, 2.75) is 46.0 Å². The zero-order valence-corrected chi connectivity index (χ0v) is 50.8. The van der Waals surface area contributed by atoms with Gasteiger partial charge in [0.1, 0.15) is 17.2 Å². The van der Waals surface area contributed by atoms with Crippen LogP contribution in [0, 0.1) is 84.9 Å². The van der Waals surface area contributed by atoms with Crippen LogP contribution in [-0.2, 0) is 44.8 Å². The fraction of sp³-hybridized carbons (Fsp3) is 0.273. The molecule has 18 rings (SSSR count). The monoisotopic (exact) mass is 1210 g/mol. The number of imide groups is 4. The van der Waals surface area contributed by atoms with E-state index in [4.69, 9.17) is 9.47 Å². The van der Waals surface area contributed by atoms with Crippen molar-refractivity contribution in [2.24, 2.45) is 71.0 Å². The third kappa shape index (κ3) is 9.51. The topological polar surface area (TPSA) is 168 Å². The molecule has 0 radical (unpaired) electrons. The van der Waals surface area contributed by atoms with Gasteiger partial charge in [0.2, 0.25) is 47.3 Å². The van der Waals surface area contributed by atoms with Crippen LogP contribution in [-0.4, -0.2) is 66.3 Å². The van der Waals surface area contributed by atoms with E-state index in [1.54, 1.807) is 55.6 Å². The van der Waals surface area contributed by atoms with Crippen molar-refractivity contribution >= 4 is 64.3 Å². The first kappa shape index (κ1) is 57.4. The summed E-state index contributed by atoms with van der Waals surface area (Å²) in [5.74, 6) is -5.67. The highest BCUT2D eigenvalue weighted by Gasteiger charge is 2.71. The quantitative estimate of drug-likeness (QED) is 0.114. The van der Waals surface area contributed by atoms with Gasteiger partial charge in [0.25, 0.3) is 0 Å².